The third-order valence-electron chi connectivity index (χ3n) is 4.62. The minimum absolute atomic E-state index is 0.0631. The van der Waals surface area contributed by atoms with E-state index in [1.54, 1.807) is 45.3 Å². The van der Waals surface area contributed by atoms with Gasteiger partial charge in [-0.15, -0.1) is 0 Å². The van der Waals surface area contributed by atoms with Crippen LogP contribution in [-0.2, 0) is 6.42 Å². The van der Waals surface area contributed by atoms with Crippen molar-refractivity contribution in [2.75, 3.05) is 31.8 Å². The molecule has 4 rings (SSSR count). The molecule has 0 saturated heterocycles. The predicted octanol–water partition coefficient (Wildman–Crippen LogP) is 3.08. The molecule has 2 heterocycles. The number of aliphatic hydroxyl groups excluding tert-OH is 1. The summed E-state index contributed by atoms with van der Waals surface area (Å²) in [5, 5.41) is 15.4. The fraction of sp³-hybridized carbons (Fsp3) is 0.208. The summed E-state index contributed by atoms with van der Waals surface area (Å²) in [6.07, 6.45) is 2.29. The number of carbonyl (C=O) groups excluding carboxylic acids is 1. The minimum Gasteiger partial charge on any atom is -0.396 e. The SMILES string of the molecule is Cc1nc(-c2cnc(Nc3ccc(C(=O)N(C)C)cc3)nc2N)no1.OCCc1ccccc1. The lowest BCUT2D eigenvalue weighted by Gasteiger charge is -2.11. The standard InChI is InChI=1S/C16H17N7O2.C8H10O/c1-9-19-14(22-25-9)12-8-18-16(21-13(12)17)20-11-6-4-10(5-7-11)15(24)23(2)3;9-7-6-8-4-2-1-3-5-8/h4-8H,1-3H3,(H3,17,18,20,21);1-5,9H,6-7H2. The van der Waals surface area contributed by atoms with Gasteiger partial charge >= 0.3 is 0 Å². The first-order valence-electron chi connectivity index (χ1n) is 10.5. The first-order valence-corrected chi connectivity index (χ1v) is 10.5. The van der Waals surface area contributed by atoms with E-state index in [-0.39, 0.29) is 18.3 Å². The molecule has 2 aromatic carbocycles. The van der Waals surface area contributed by atoms with Crippen molar-refractivity contribution >= 4 is 23.4 Å². The Morgan fingerprint density at radius 1 is 1.09 bits per heavy atom. The molecule has 0 aliphatic carbocycles. The van der Waals surface area contributed by atoms with Crippen molar-refractivity contribution in [2.45, 2.75) is 13.3 Å². The molecule has 10 nitrogen and oxygen atoms in total. The zero-order valence-corrected chi connectivity index (χ0v) is 19.3. The second-order valence-electron chi connectivity index (χ2n) is 7.49. The molecule has 2 aromatic heterocycles. The van der Waals surface area contributed by atoms with E-state index >= 15 is 0 Å². The van der Waals surface area contributed by atoms with E-state index in [2.05, 4.69) is 25.4 Å². The number of nitrogens with one attached hydrogen (secondary N) is 1. The zero-order valence-electron chi connectivity index (χ0n) is 19.3. The Morgan fingerprint density at radius 2 is 1.79 bits per heavy atom. The van der Waals surface area contributed by atoms with Crippen LogP contribution >= 0.6 is 0 Å². The van der Waals surface area contributed by atoms with Gasteiger partial charge in [0.1, 0.15) is 5.82 Å². The number of rotatable bonds is 6. The van der Waals surface area contributed by atoms with Crippen molar-refractivity contribution in [3.8, 4) is 11.4 Å². The van der Waals surface area contributed by atoms with E-state index in [0.717, 1.165) is 12.1 Å². The van der Waals surface area contributed by atoms with Crippen LogP contribution < -0.4 is 11.1 Å². The van der Waals surface area contributed by atoms with Gasteiger partial charge in [-0.1, -0.05) is 35.5 Å². The maximum Gasteiger partial charge on any atom is 0.253 e. The average molecular weight is 462 g/mol. The molecule has 0 aliphatic rings. The van der Waals surface area contributed by atoms with Gasteiger partial charge in [0, 0.05) is 45.1 Å². The maximum absolute atomic E-state index is 11.9. The summed E-state index contributed by atoms with van der Waals surface area (Å²) in [6, 6.07) is 16.9. The van der Waals surface area contributed by atoms with E-state index in [1.165, 1.54) is 16.7 Å². The highest BCUT2D eigenvalue weighted by Gasteiger charge is 2.13. The van der Waals surface area contributed by atoms with Crippen LogP contribution in [0, 0.1) is 6.92 Å². The third kappa shape index (κ3) is 6.59. The molecule has 0 unspecified atom stereocenters. The number of anilines is 3. The lowest BCUT2D eigenvalue weighted by Crippen LogP contribution is -2.21. The van der Waals surface area contributed by atoms with Crippen molar-refractivity contribution in [2.24, 2.45) is 0 Å². The number of hydrogen-bond acceptors (Lipinski definition) is 9. The zero-order chi connectivity index (χ0) is 24.5. The number of nitrogens with zero attached hydrogens (tertiary/aromatic N) is 5. The number of nitrogen functional groups attached to an aromatic ring is 1. The minimum atomic E-state index is -0.0631. The van der Waals surface area contributed by atoms with Crippen molar-refractivity contribution in [3.05, 3.63) is 77.8 Å². The fourth-order valence-corrected chi connectivity index (χ4v) is 2.89. The van der Waals surface area contributed by atoms with Crippen LogP contribution in [0.15, 0.2) is 65.3 Å². The Hall–Kier alpha value is -4.31. The van der Waals surface area contributed by atoms with Crippen LogP contribution in [-0.4, -0.2) is 56.7 Å². The summed E-state index contributed by atoms with van der Waals surface area (Å²) in [7, 11) is 3.41. The van der Waals surface area contributed by atoms with E-state index in [0.29, 0.717) is 28.8 Å². The second kappa shape index (κ2) is 11.5. The van der Waals surface area contributed by atoms with E-state index in [4.69, 9.17) is 15.4 Å². The molecule has 4 N–H and O–H groups in total. The molecular formula is C24H27N7O3. The molecule has 0 radical (unpaired) electrons. The summed E-state index contributed by atoms with van der Waals surface area (Å²) >= 11 is 0. The fourth-order valence-electron chi connectivity index (χ4n) is 2.89. The molecule has 0 spiro atoms. The first-order chi connectivity index (χ1) is 16.4. The van der Waals surface area contributed by atoms with Crippen LogP contribution in [0.3, 0.4) is 0 Å². The van der Waals surface area contributed by atoms with Crippen LogP contribution in [0.1, 0.15) is 21.8 Å². The van der Waals surface area contributed by atoms with Crippen molar-refractivity contribution in [3.63, 3.8) is 0 Å². The largest absolute Gasteiger partial charge is 0.396 e. The van der Waals surface area contributed by atoms with Gasteiger partial charge in [0.15, 0.2) is 0 Å². The van der Waals surface area contributed by atoms with Crippen LogP contribution in [0.4, 0.5) is 17.5 Å². The molecule has 0 aliphatic heterocycles. The smallest absolute Gasteiger partial charge is 0.253 e. The lowest BCUT2D eigenvalue weighted by molar-refractivity contribution is 0.0827. The van der Waals surface area contributed by atoms with Crippen LogP contribution in [0.5, 0.6) is 0 Å². The lowest BCUT2D eigenvalue weighted by atomic mass is 10.2. The number of amides is 1. The third-order valence-corrected chi connectivity index (χ3v) is 4.62. The average Bonchev–Trinajstić information content (AvgIpc) is 3.26. The molecule has 176 valence electrons. The van der Waals surface area contributed by atoms with Gasteiger partial charge in [-0.2, -0.15) is 9.97 Å². The second-order valence-corrected chi connectivity index (χ2v) is 7.49. The first kappa shape index (κ1) is 24.3. The molecule has 0 bridgehead atoms. The molecule has 0 atom stereocenters. The van der Waals surface area contributed by atoms with E-state index < -0.39 is 0 Å². The molecule has 1 amide bonds. The normalized spacial score (nSPS) is 10.2. The van der Waals surface area contributed by atoms with Gasteiger partial charge in [-0.05, 0) is 36.2 Å². The van der Waals surface area contributed by atoms with Gasteiger partial charge in [-0.25, -0.2) is 4.98 Å². The Balaban J connectivity index is 0.000000302. The maximum atomic E-state index is 11.9. The number of aromatic nitrogens is 4. The van der Waals surface area contributed by atoms with Gasteiger partial charge in [0.2, 0.25) is 17.7 Å². The molecule has 10 heteroatoms. The van der Waals surface area contributed by atoms with Crippen LogP contribution in [0.2, 0.25) is 0 Å². The summed E-state index contributed by atoms with van der Waals surface area (Å²) in [4.78, 5) is 25.9. The van der Waals surface area contributed by atoms with Crippen LogP contribution in [0.25, 0.3) is 11.4 Å². The quantitative estimate of drug-likeness (QED) is 0.394. The highest BCUT2D eigenvalue weighted by molar-refractivity contribution is 5.94. The van der Waals surface area contributed by atoms with Crippen molar-refractivity contribution in [1.29, 1.82) is 0 Å². The Kier molecular flexibility index (Phi) is 8.25. The summed E-state index contributed by atoms with van der Waals surface area (Å²) in [6.45, 7) is 1.93. The van der Waals surface area contributed by atoms with Gasteiger partial charge in [0.25, 0.3) is 5.91 Å². The number of carbonyl (C=O) groups is 1. The topological polar surface area (TPSA) is 143 Å². The Labute approximate surface area is 197 Å². The summed E-state index contributed by atoms with van der Waals surface area (Å²) < 4.78 is 4.93. The van der Waals surface area contributed by atoms with E-state index in [9.17, 15) is 4.79 Å². The highest BCUT2D eigenvalue weighted by Crippen LogP contribution is 2.23. The number of aliphatic hydroxyl groups is 1. The molecule has 4 aromatic rings. The summed E-state index contributed by atoms with van der Waals surface area (Å²) in [5.74, 6) is 1.27. The van der Waals surface area contributed by atoms with Gasteiger partial charge in [0.05, 0.1) is 5.56 Å². The Bertz CT molecular complexity index is 1210. The predicted molar refractivity (Wildman–Crippen MR) is 129 cm³/mol. The molecular weight excluding hydrogens is 434 g/mol. The molecule has 0 saturated carbocycles. The van der Waals surface area contributed by atoms with E-state index in [1.807, 2.05) is 30.3 Å². The Morgan fingerprint density at radius 3 is 2.35 bits per heavy atom. The van der Waals surface area contributed by atoms with Gasteiger partial charge in [-0.3, -0.25) is 4.79 Å². The number of benzene rings is 2. The number of hydrogen-bond donors (Lipinski definition) is 3. The number of aryl methyl sites for hydroxylation is 1. The van der Waals surface area contributed by atoms with Crippen molar-refractivity contribution < 1.29 is 14.4 Å². The van der Waals surface area contributed by atoms with Gasteiger partial charge < -0.3 is 25.6 Å². The molecule has 0 fully saturated rings. The highest BCUT2D eigenvalue weighted by atomic mass is 16.5. The monoisotopic (exact) mass is 461 g/mol. The summed E-state index contributed by atoms with van der Waals surface area (Å²) in [5.41, 5.74) is 8.97. The van der Waals surface area contributed by atoms with Crippen molar-refractivity contribution in [1.82, 2.24) is 25.0 Å². The number of nitrogens with two attached hydrogens (primary N) is 1. The molecule has 34 heavy (non-hydrogen) atoms.